The van der Waals surface area contributed by atoms with E-state index in [0.29, 0.717) is 30.3 Å². The van der Waals surface area contributed by atoms with E-state index in [1.807, 2.05) is 36.4 Å². The van der Waals surface area contributed by atoms with Crippen LogP contribution in [0.25, 0.3) is 22.4 Å². The van der Waals surface area contributed by atoms with Gasteiger partial charge in [-0.05, 0) is 6.07 Å². The average Bonchev–Trinajstić information content (AvgIpc) is 3.21. The standard InChI is InChI=1S/C17H17N5O2.2H2S/c18-14(24)13-8-11(23)9-22(13)17-12-6-7-19-16(12)20-15(21-17)10-4-2-1-3-5-10;;/h1-7,11,13,23H,8-9H2,(H2,18,24)(H,19,20,21);2*1H2/t11-,13-;;/m0../s1. The van der Waals surface area contributed by atoms with Gasteiger partial charge < -0.3 is 20.7 Å². The zero-order valence-electron chi connectivity index (χ0n) is 13.9. The Morgan fingerprint density at radius 3 is 2.62 bits per heavy atom. The van der Waals surface area contributed by atoms with Crippen LogP contribution in [0.15, 0.2) is 42.6 Å². The molecule has 4 rings (SSSR count). The van der Waals surface area contributed by atoms with Gasteiger partial charge in [0.25, 0.3) is 0 Å². The van der Waals surface area contributed by atoms with Crippen molar-refractivity contribution in [1.29, 1.82) is 0 Å². The quantitative estimate of drug-likeness (QED) is 0.623. The van der Waals surface area contributed by atoms with Crippen LogP contribution in [0, 0.1) is 0 Å². The number of aliphatic hydroxyl groups is 1. The minimum absolute atomic E-state index is 0. The van der Waals surface area contributed by atoms with Crippen molar-refractivity contribution in [3.8, 4) is 11.4 Å². The van der Waals surface area contributed by atoms with Gasteiger partial charge in [-0.15, -0.1) is 0 Å². The van der Waals surface area contributed by atoms with Gasteiger partial charge in [0.05, 0.1) is 11.5 Å². The van der Waals surface area contributed by atoms with Crippen LogP contribution in [-0.4, -0.2) is 44.7 Å². The van der Waals surface area contributed by atoms with Crippen molar-refractivity contribution >= 4 is 49.7 Å². The number of carbonyl (C=O) groups is 1. The number of aromatic nitrogens is 3. The second-order valence-corrected chi connectivity index (χ2v) is 5.94. The maximum atomic E-state index is 11.8. The van der Waals surface area contributed by atoms with Crippen molar-refractivity contribution in [2.45, 2.75) is 18.6 Å². The molecule has 1 aliphatic rings. The van der Waals surface area contributed by atoms with Gasteiger partial charge in [-0.25, -0.2) is 9.97 Å². The molecular formula is C17H21N5O2S2. The summed E-state index contributed by atoms with van der Waals surface area (Å²) < 4.78 is 0. The third kappa shape index (κ3) is 3.50. The van der Waals surface area contributed by atoms with E-state index in [2.05, 4.69) is 15.0 Å². The molecule has 138 valence electrons. The highest BCUT2D eigenvalue weighted by atomic mass is 32.1. The van der Waals surface area contributed by atoms with Gasteiger partial charge in [0.2, 0.25) is 5.91 Å². The van der Waals surface area contributed by atoms with Gasteiger partial charge in [0, 0.05) is 24.7 Å². The first-order chi connectivity index (χ1) is 11.6. The third-order valence-electron chi connectivity index (χ3n) is 4.31. The van der Waals surface area contributed by atoms with E-state index in [0.717, 1.165) is 10.9 Å². The van der Waals surface area contributed by atoms with Gasteiger partial charge in [-0.2, -0.15) is 27.0 Å². The van der Waals surface area contributed by atoms with E-state index in [-0.39, 0.29) is 27.0 Å². The number of aliphatic hydroxyl groups excluding tert-OH is 1. The molecule has 4 N–H and O–H groups in total. The van der Waals surface area contributed by atoms with Crippen LogP contribution in [0.5, 0.6) is 0 Å². The first kappa shape index (κ1) is 20.1. The Bertz CT molecular complexity index is 903. The van der Waals surface area contributed by atoms with E-state index in [4.69, 9.17) is 5.73 Å². The zero-order valence-corrected chi connectivity index (χ0v) is 15.9. The Kier molecular flexibility index (Phi) is 6.17. The van der Waals surface area contributed by atoms with Crippen molar-refractivity contribution in [2.24, 2.45) is 5.73 Å². The number of H-pyrrole nitrogens is 1. The van der Waals surface area contributed by atoms with E-state index >= 15 is 0 Å². The van der Waals surface area contributed by atoms with Crippen LogP contribution in [-0.2, 0) is 4.79 Å². The number of carbonyl (C=O) groups excluding carboxylic acids is 1. The molecule has 9 heteroatoms. The number of nitrogens with two attached hydrogens (primary N) is 1. The number of rotatable bonds is 3. The zero-order chi connectivity index (χ0) is 16.7. The average molecular weight is 392 g/mol. The van der Waals surface area contributed by atoms with Crippen molar-refractivity contribution in [3.63, 3.8) is 0 Å². The molecule has 1 amide bonds. The molecule has 7 nitrogen and oxygen atoms in total. The largest absolute Gasteiger partial charge is 0.391 e. The molecule has 2 atom stereocenters. The molecule has 3 heterocycles. The third-order valence-corrected chi connectivity index (χ3v) is 4.31. The molecule has 1 aromatic carbocycles. The number of nitrogens with zero attached hydrogens (tertiary/aromatic N) is 3. The number of aromatic amines is 1. The summed E-state index contributed by atoms with van der Waals surface area (Å²) in [6.07, 6.45) is 1.49. The van der Waals surface area contributed by atoms with Gasteiger partial charge >= 0.3 is 0 Å². The normalized spacial score (nSPS) is 19.0. The van der Waals surface area contributed by atoms with E-state index in [1.165, 1.54) is 0 Å². The molecule has 3 aromatic rings. The van der Waals surface area contributed by atoms with Gasteiger partial charge in [-0.3, -0.25) is 4.79 Å². The number of anilines is 1. The molecule has 1 fully saturated rings. The number of benzene rings is 1. The fourth-order valence-corrected chi connectivity index (χ4v) is 3.18. The molecule has 0 spiro atoms. The van der Waals surface area contributed by atoms with Crippen molar-refractivity contribution in [3.05, 3.63) is 42.6 Å². The first-order valence-electron chi connectivity index (χ1n) is 7.78. The second kappa shape index (κ2) is 7.98. The fourth-order valence-electron chi connectivity index (χ4n) is 3.18. The Balaban J connectivity index is 0.00000121. The number of hydrogen-bond acceptors (Lipinski definition) is 5. The summed E-state index contributed by atoms with van der Waals surface area (Å²) in [6, 6.07) is 10.9. The van der Waals surface area contributed by atoms with Crippen LogP contribution in [0.1, 0.15) is 6.42 Å². The summed E-state index contributed by atoms with van der Waals surface area (Å²) in [5, 5.41) is 10.8. The van der Waals surface area contributed by atoms with Gasteiger partial charge in [0.1, 0.15) is 17.5 Å². The lowest BCUT2D eigenvalue weighted by Crippen LogP contribution is -2.40. The minimum Gasteiger partial charge on any atom is -0.391 e. The number of nitrogens with one attached hydrogen (secondary N) is 1. The van der Waals surface area contributed by atoms with Crippen LogP contribution >= 0.6 is 27.0 Å². The summed E-state index contributed by atoms with van der Waals surface area (Å²) in [7, 11) is 0. The topological polar surface area (TPSA) is 108 Å². The number of primary amides is 1. The maximum absolute atomic E-state index is 11.8. The SMILES string of the molecule is NC(=O)[C@@H]1C[C@H](O)CN1c1nc(-c2ccccc2)nc2[nH]ccc12.S.S. The van der Waals surface area contributed by atoms with Crippen molar-refractivity contribution in [1.82, 2.24) is 15.0 Å². The van der Waals surface area contributed by atoms with Crippen LogP contribution in [0.4, 0.5) is 5.82 Å². The van der Waals surface area contributed by atoms with Crippen molar-refractivity contribution in [2.75, 3.05) is 11.4 Å². The molecule has 2 aromatic heterocycles. The molecule has 26 heavy (non-hydrogen) atoms. The van der Waals surface area contributed by atoms with Crippen molar-refractivity contribution < 1.29 is 9.90 Å². The van der Waals surface area contributed by atoms with Gasteiger partial charge in [0.15, 0.2) is 5.82 Å². The van der Waals surface area contributed by atoms with Crippen LogP contribution in [0.3, 0.4) is 0 Å². The van der Waals surface area contributed by atoms with E-state index in [1.54, 1.807) is 11.1 Å². The number of amides is 1. The lowest BCUT2D eigenvalue weighted by molar-refractivity contribution is -0.119. The summed E-state index contributed by atoms with van der Waals surface area (Å²) >= 11 is 0. The Morgan fingerprint density at radius 2 is 1.92 bits per heavy atom. The Labute approximate surface area is 164 Å². The molecule has 0 aliphatic carbocycles. The maximum Gasteiger partial charge on any atom is 0.240 e. The highest BCUT2D eigenvalue weighted by molar-refractivity contribution is 7.59. The van der Waals surface area contributed by atoms with Crippen LogP contribution in [0.2, 0.25) is 0 Å². The highest BCUT2D eigenvalue weighted by Gasteiger charge is 2.36. The predicted octanol–water partition coefficient (Wildman–Crippen LogP) is 1.28. The summed E-state index contributed by atoms with van der Waals surface area (Å²) in [4.78, 5) is 25.9. The second-order valence-electron chi connectivity index (χ2n) is 5.94. The fraction of sp³-hybridized carbons (Fsp3) is 0.235. The lowest BCUT2D eigenvalue weighted by Gasteiger charge is -2.24. The summed E-state index contributed by atoms with van der Waals surface area (Å²) in [5.74, 6) is 0.709. The number of hydrogen-bond donors (Lipinski definition) is 3. The Morgan fingerprint density at radius 1 is 1.19 bits per heavy atom. The smallest absolute Gasteiger partial charge is 0.240 e. The summed E-state index contributed by atoms with van der Waals surface area (Å²) in [5.41, 5.74) is 7.08. The first-order valence-corrected chi connectivity index (χ1v) is 7.78. The number of fused-ring (bicyclic) bond motifs is 1. The monoisotopic (exact) mass is 391 g/mol. The molecule has 0 radical (unpaired) electrons. The Hall–Kier alpha value is -2.23. The molecule has 0 saturated carbocycles. The highest BCUT2D eigenvalue weighted by Crippen LogP contribution is 2.31. The van der Waals surface area contributed by atoms with E-state index < -0.39 is 18.1 Å². The van der Waals surface area contributed by atoms with E-state index in [9.17, 15) is 9.90 Å². The molecule has 0 bridgehead atoms. The molecular weight excluding hydrogens is 370 g/mol. The number of β-amino-alcohol motifs (C(OH)–C–C–N with tert-alkyl or cyclic N) is 1. The lowest BCUT2D eigenvalue weighted by atomic mass is 10.2. The minimum atomic E-state index is -0.605. The van der Waals surface area contributed by atoms with Gasteiger partial charge in [-0.1, -0.05) is 30.3 Å². The summed E-state index contributed by atoms with van der Waals surface area (Å²) in [6.45, 7) is 0.319. The predicted molar refractivity (Wildman–Crippen MR) is 111 cm³/mol. The van der Waals surface area contributed by atoms with Crippen LogP contribution < -0.4 is 10.6 Å². The molecule has 1 aliphatic heterocycles. The molecule has 0 unspecified atom stereocenters. The molecule has 1 saturated heterocycles.